The lowest BCUT2D eigenvalue weighted by Gasteiger charge is -2.29. The largest absolute Gasteiger partial charge is 0.404 e. The van der Waals surface area contributed by atoms with Crippen molar-refractivity contribution in [2.75, 3.05) is 26.2 Å². The molecule has 8 heteroatoms. The molecule has 20 heavy (non-hydrogen) atoms. The Morgan fingerprint density at radius 1 is 1.25 bits per heavy atom. The Morgan fingerprint density at radius 2 is 1.85 bits per heavy atom. The molecule has 0 bridgehead atoms. The van der Waals surface area contributed by atoms with E-state index in [0.717, 1.165) is 0 Å². The normalized spacial score (nSPS) is 22.9. The molecule has 0 radical (unpaired) electrons. The van der Waals surface area contributed by atoms with E-state index in [1.807, 2.05) is 0 Å². The summed E-state index contributed by atoms with van der Waals surface area (Å²) in [5.74, 6) is -1.44. The molecular formula is C12H20F3N3O2. The van der Waals surface area contributed by atoms with Crippen molar-refractivity contribution in [1.82, 2.24) is 16.0 Å². The zero-order valence-electron chi connectivity index (χ0n) is 11.6. The molecule has 0 spiro atoms. The van der Waals surface area contributed by atoms with Gasteiger partial charge < -0.3 is 16.0 Å². The van der Waals surface area contributed by atoms with Crippen LogP contribution in [0.1, 0.15) is 20.3 Å². The van der Waals surface area contributed by atoms with Crippen molar-refractivity contribution in [3.8, 4) is 0 Å². The van der Waals surface area contributed by atoms with E-state index in [-0.39, 0.29) is 37.9 Å². The molecule has 116 valence electrons. The summed E-state index contributed by atoms with van der Waals surface area (Å²) in [6.45, 7) is 3.27. The lowest BCUT2D eigenvalue weighted by molar-refractivity contribution is -0.216. The number of amides is 2. The first-order valence-corrected chi connectivity index (χ1v) is 6.54. The summed E-state index contributed by atoms with van der Waals surface area (Å²) in [4.78, 5) is 23.1. The number of carbonyl (C=O) groups is 2. The lowest BCUT2D eigenvalue weighted by atomic mass is 9.85. The molecule has 2 amide bonds. The van der Waals surface area contributed by atoms with Crippen molar-refractivity contribution < 1.29 is 22.8 Å². The Morgan fingerprint density at radius 3 is 2.30 bits per heavy atom. The van der Waals surface area contributed by atoms with Crippen molar-refractivity contribution in [3.05, 3.63) is 0 Å². The molecule has 1 unspecified atom stereocenters. The van der Waals surface area contributed by atoms with Gasteiger partial charge in [-0.1, -0.05) is 13.8 Å². The van der Waals surface area contributed by atoms with Crippen LogP contribution in [0.5, 0.6) is 0 Å². The molecule has 1 fully saturated rings. The highest BCUT2D eigenvalue weighted by Gasteiger charge is 2.61. The summed E-state index contributed by atoms with van der Waals surface area (Å²) in [6, 6.07) is 0. The number of hydrogen-bond acceptors (Lipinski definition) is 3. The predicted octanol–water partition coefficient (Wildman–Crippen LogP) is 0.417. The van der Waals surface area contributed by atoms with Gasteiger partial charge in [-0.2, -0.15) is 13.2 Å². The highest BCUT2D eigenvalue weighted by Crippen LogP contribution is 2.43. The average molecular weight is 295 g/mol. The molecule has 0 aliphatic carbocycles. The van der Waals surface area contributed by atoms with E-state index >= 15 is 0 Å². The first-order chi connectivity index (χ1) is 9.21. The number of halogens is 3. The number of rotatable bonds is 5. The van der Waals surface area contributed by atoms with Crippen molar-refractivity contribution >= 4 is 11.8 Å². The van der Waals surface area contributed by atoms with Crippen LogP contribution in [-0.2, 0) is 9.59 Å². The van der Waals surface area contributed by atoms with Crippen LogP contribution in [-0.4, -0.2) is 44.2 Å². The second-order valence-corrected chi connectivity index (χ2v) is 5.21. The van der Waals surface area contributed by atoms with E-state index in [1.54, 1.807) is 13.8 Å². The van der Waals surface area contributed by atoms with Gasteiger partial charge in [0.2, 0.25) is 11.8 Å². The third-order valence-electron chi connectivity index (χ3n) is 3.37. The van der Waals surface area contributed by atoms with E-state index in [2.05, 4.69) is 16.0 Å². The van der Waals surface area contributed by atoms with Crippen LogP contribution in [0.3, 0.4) is 0 Å². The van der Waals surface area contributed by atoms with Crippen molar-refractivity contribution in [1.29, 1.82) is 0 Å². The van der Waals surface area contributed by atoms with Gasteiger partial charge in [0.05, 0.1) is 0 Å². The molecule has 3 N–H and O–H groups in total. The number of carbonyl (C=O) groups excluding carboxylic acids is 2. The monoisotopic (exact) mass is 295 g/mol. The van der Waals surface area contributed by atoms with Crippen molar-refractivity contribution in [2.45, 2.75) is 26.4 Å². The van der Waals surface area contributed by atoms with E-state index in [4.69, 9.17) is 0 Å². The van der Waals surface area contributed by atoms with Gasteiger partial charge in [-0.15, -0.1) is 0 Å². The summed E-state index contributed by atoms with van der Waals surface area (Å²) in [5, 5.41) is 7.35. The Kier molecular flexibility index (Phi) is 5.38. The first kappa shape index (κ1) is 16.7. The standard InChI is InChI=1S/C12H20F3N3O2/c1-8(2)9(19)17-5-6-18-10(20)11(12(13,14)15)3-4-16-7-11/h8,16H,3-7H2,1-2H3,(H,17,19)(H,18,20). The van der Waals surface area contributed by atoms with Gasteiger partial charge in [0.15, 0.2) is 5.41 Å². The van der Waals surface area contributed by atoms with Crippen LogP contribution in [0.4, 0.5) is 13.2 Å². The summed E-state index contributed by atoms with van der Waals surface area (Å²) >= 11 is 0. The average Bonchev–Trinajstić information content (AvgIpc) is 2.83. The zero-order valence-corrected chi connectivity index (χ0v) is 11.6. The molecule has 1 heterocycles. The molecular weight excluding hydrogens is 275 g/mol. The van der Waals surface area contributed by atoms with Gasteiger partial charge in [0.1, 0.15) is 0 Å². The van der Waals surface area contributed by atoms with Crippen LogP contribution in [0.15, 0.2) is 0 Å². The Hall–Kier alpha value is -1.31. The van der Waals surface area contributed by atoms with Crippen LogP contribution in [0.2, 0.25) is 0 Å². The quantitative estimate of drug-likeness (QED) is 0.644. The Balaban J connectivity index is 2.47. The molecule has 1 rings (SSSR count). The maximum atomic E-state index is 13.0. The fraction of sp³-hybridized carbons (Fsp3) is 0.833. The summed E-state index contributed by atoms with van der Waals surface area (Å²) in [6.07, 6.45) is -4.84. The fourth-order valence-electron chi connectivity index (χ4n) is 1.99. The highest BCUT2D eigenvalue weighted by atomic mass is 19.4. The van der Waals surface area contributed by atoms with Crippen molar-refractivity contribution in [3.63, 3.8) is 0 Å². The predicted molar refractivity (Wildman–Crippen MR) is 66.8 cm³/mol. The van der Waals surface area contributed by atoms with E-state index < -0.39 is 24.0 Å². The smallest absolute Gasteiger partial charge is 0.354 e. The second kappa shape index (κ2) is 6.43. The lowest BCUT2D eigenvalue weighted by Crippen LogP contribution is -2.53. The first-order valence-electron chi connectivity index (χ1n) is 6.54. The summed E-state index contributed by atoms with van der Waals surface area (Å²) < 4.78 is 39.1. The highest BCUT2D eigenvalue weighted by molar-refractivity contribution is 5.84. The maximum Gasteiger partial charge on any atom is 0.404 e. The fourth-order valence-corrected chi connectivity index (χ4v) is 1.99. The van der Waals surface area contributed by atoms with Gasteiger partial charge >= 0.3 is 6.18 Å². The van der Waals surface area contributed by atoms with Crippen LogP contribution < -0.4 is 16.0 Å². The minimum absolute atomic E-state index is 0.0187. The number of hydrogen-bond donors (Lipinski definition) is 3. The van der Waals surface area contributed by atoms with Gasteiger partial charge in [-0.25, -0.2) is 0 Å². The number of nitrogens with one attached hydrogen (secondary N) is 3. The van der Waals surface area contributed by atoms with Gasteiger partial charge in [-0.3, -0.25) is 9.59 Å². The maximum absolute atomic E-state index is 13.0. The number of alkyl halides is 3. The van der Waals surface area contributed by atoms with Gasteiger partial charge in [-0.05, 0) is 13.0 Å². The molecule has 0 aromatic carbocycles. The van der Waals surface area contributed by atoms with Crippen LogP contribution in [0.25, 0.3) is 0 Å². The molecule has 1 atom stereocenters. The molecule has 0 aromatic rings. The van der Waals surface area contributed by atoms with E-state index in [9.17, 15) is 22.8 Å². The molecule has 1 aliphatic rings. The summed E-state index contributed by atoms with van der Waals surface area (Å²) in [7, 11) is 0. The van der Waals surface area contributed by atoms with Crippen LogP contribution in [0, 0.1) is 11.3 Å². The van der Waals surface area contributed by atoms with Gasteiger partial charge in [0.25, 0.3) is 0 Å². The minimum atomic E-state index is -4.58. The zero-order chi connectivity index (χ0) is 15.4. The topological polar surface area (TPSA) is 70.2 Å². The molecule has 0 aromatic heterocycles. The molecule has 1 saturated heterocycles. The van der Waals surface area contributed by atoms with E-state index in [1.165, 1.54) is 0 Å². The van der Waals surface area contributed by atoms with Crippen molar-refractivity contribution in [2.24, 2.45) is 11.3 Å². The third-order valence-corrected chi connectivity index (χ3v) is 3.37. The Labute approximate surface area is 115 Å². The van der Waals surface area contributed by atoms with E-state index in [0.29, 0.717) is 0 Å². The molecule has 0 saturated carbocycles. The Bertz CT molecular complexity index is 363. The second-order valence-electron chi connectivity index (χ2n) is 5.21. The van der Waals surface area contributed by atoms with Crippen LogP contribution >= 0.6 is 0 Å². The minimum Gasteiger partial charge on any atom is -0.354 e. The summed E-state index contributed by atoms with van der Waals surface area (Å²) in [5.41, 5.74) is -2.35. The third kappa shape index (κ3) is 3.62. The van der Waals surface area contributed by atoms with Gasteiger partial charge in [0, 0.05) is 25.6 Å². The molecule has 5 nitrogen and oxygen atoms in total. The SMILES string of the molecule is CC(C)C(=O)NCCNC(=O)C1(C(F)(F)F)CCNC1. The molecule has 1 aliphatic heterocycles.